The predicted octanol–water partition coefficient (Wildman–Crippen LogP) is 5.16. The van der Waals surface area contributed by atoms with Crippen LogP contribution in [-0.4, -0.2) is 14.6 Å². The zero-order valence-electron chi connectivity index (χ0n) is 12.9. The molecule has 5 heteroatoms. The summed E-state index contributed by atoms with van der Waals surface area (Å²) in [6.45, 7) is 1.95. The summed E-state index contributed by atoms with van der Waals surface area (Å²) in [4.78, 5) is 4.50. The van der Waals surface area contributed by atoms with Crippen molar-refractivity contribution in [1.29, 1.82) is 0 Å². The zero-order chi connectivity index (χ0) is 16.7. The third-order valence-corrected chi connectivity index (χ3v) is 4.22. The van der Waals surface area contributed by atoms with Gasteiger partial charge in [-0.1, -0.05) is 23.7 Å². The average Bonchev–Trinajstić information content (AvgIpc) is 2.92. The first-order valence-electron chi connectivity index (χ1n) is 7.50. The minimum Gasteiger partial charge on any atom is -0.236 e. The van der Waals surface area contributed by atoms with Gasteiger partial charge in [-0.3, -0.25) is 0 Å². The molecule has 0 aliphatic heterocycles. The van der Waals surface area contributed by atoms with E-state index in [4.69, 9.17) is 11.6 Å². The van der Waals surface area contributed by atoms with Crippen LogP contribution in [0.3, 0.4) is 0 Å². The van der Waals surface area contributed by atoms with Gasteiger partial charge in [0.15, 0.2) is 5.65 Å². The first-order valence-corrected chi connectivity index (χ1v) is 7.87. The van der Waals surface area contributed by atoms with E-state index in [0.29, 0.717) is 5.02 Å². The second kappa shape index (κ2) is 5.73. The molecule has 0 radical (unpaired) electrons. The van der Waals surface area contributed by atoms with Crippen molar-refractivity contribution in [3.8, 4) is 22.4 Å². The third kappa shape index (κ3) is 2.45. The van der Waals surface area contributed by atoms with Gasteiger partial charge in [0.05, 0.1) is 11.4 Å². The van der Waals surface area contributed by atoms with Gasteiger partial charge in [-0.25, -0.2) is 13.9 Å². The molecule has 4 aromatic rings. The Morgan fingerprint density at radius 2 is 1.58 bits per heavy atom. The molecule has 0 aliphatic rings. The Morgan fingerprint density at radius 3 is 2.29 bits per heavy atom. The van der Waals surface area contributed by atoms with E-state index < -0.39 is 0 Å². The third-order valence-electron chi connectivity index (χ3n) is 3.97. The minimum atomic E-state index is -0.262. The van der Waals surface area contributed by atoms with E-state index in [1.807, 2.05) is 37.3 Å². The number of halogens is 2. The van der Waals surface area contributed by atoms with Crippen LogP contribution in [0, 0.1) is 12.7 Å². The summed E-state index contributed by atoms with van der Waals surface area (Å²) < 4.78 is 15.0. The molecule has 2 aromatic carbocycles. The van der Waals surface area contributed by atoms with Crippen LogP contribution in [0.2, 0.25) is 5.02 Å². The quantitative estimate of drug-likeness (QED) is 0.505. The summed E-state index contributed by atoms with van der Waals surface area (Å²) in [6.07, 6.45) is 1.74. The number of hydrogen-bond donors (Lipinski definition) is 0. The molecule has 0 atom stereocenters. The van der Waals surface area contributed by atoms with Gasteiger partial charge in [-0.05, 0) is 55.0 Å². The van der Waals surface area contributed by atoms with Crippen LogP contribution in [0.15, 0.2) is 60.8 Å². The number of aryl methyl sites for hydroxylation is 1. The second-order valence-electron chi connectivity index (χ2n) is 5.54. The molecular formula is C19H13ClFN3. The summed E-state index contributed by atoms with van der Waals surface area (Å²) in [6, 6.07) is 15.9. The molecule has 3 nitrogen and oxygen atoms in total. The zero-order valence-corrected chi connectivity index (χ0v) is 13.6. The molecule has 2 heterocycles. The highest BCUT2D eigenvalue weighted by Gasteiger charge is 2.15. The molecule has 0 saturated carbocycles. The fourth-order valence-corrected chi connectivity index (χ4v) is 2.97. The van der Waals surface area contributed by atoms with E-state index in [1.54, 1.807) is 22.8 Å². The van der Waals surface area contributed by atoms with Crippen LogP contribution in [0.4, 0.5) is 4.39 Å². The number of fused-ring (bicyclic) bond motifs is 1. The number of rotatable bonds is 2. The van der Waals surface area contributed by atoms with Crippen LogP contribution in [0.5, 0.6) is 0 Å². The van der Waals surface area contributed by atoms with Crippen LogP contribution < -0.4 is 0 Å². The highest BCUT2D eigenvalue weighted by Crippen LogP contribution is 2.30. The maximum atomic E-state index is 13.2. The lowest BCUT2D eigenvalue weighted by atomic mass is 10.1. The first-order chi connectivity index (χ1) is 11.6. The molecule has 0 aliphatic carbocycles. The van der Waals surface area contributed by atoms with Gasteiger partial charge in [0.25, 0.3) is 0 Å². The average molecular weight is 338 g/mol. The Bertz CT molecular complexity index is 1020. The lowest BCUT2D eigenvalue weighted by Crippen LogP contribution is -1.96. The minimum absolute atomic E-state index is 0.262. The predicted molar refractivity (Wildman–Crippen MR) is 93.6 cm³/mol. The van der Waals surface area contributed by atoms with Gasteiger partial charge < -0.3 is 0 Å². The van der Waals surface area contributed by atoms with Crippen molar-refractivity contribution in [3.05, 3.63) is 77.3 Å². The van der Waals surface area contributed by atoms with Gasteiger partial charge in [-0.2, -0.15) is 5.10 Å². The maximum absolute atomic E-state index is 13.2. The fraction of sp³-hybridized carbons (Fsp3) is 0.0526. The van der Waals surface area contributed by atoms with Crippen molar-refractivity contribution in [2.45, 2.75) is 6.92 Å². The maximum Gasteiger partial charge on any atom is 0.163 e. The lowest BCUT2D eigenvalue weighted by Gasteiger charge is -2.05. The Balaban J connectivity index is 1.95. The molecule has 0 bridgehead atoms. The van der Waals surface area contributed by atoms with Crippen LogP contribution in [-0.2, 0) is 0 Å². The number of aromatic nitrogens is 3. The van der Waals surface area contributed by atoms with E-state index in [2.05, 4.69) is 10.1 Å². The van der Waals surface area contributed by atoms with Crippen molar-refractivity contribution < 1.29 is 4.39 Å². The lowest BCUT2D eigenvalue weighted by molar-refractivity contribution is 0.628. The topological polar surface area (TPSA) is 30.2 Å². The Labute approximate surface area is 143 Å². The number of hydrogen-bond acceptors (Lipinski definition) is 2. The normalized spacial score (nSPS) is 11.1. The molecule has 0 spiro atoms. The van der Waals surface area contributed by atoms with Crippen LogP contribution in [0.1, 0.15) is 5.69 Å². The fourth-order valence-electron chi connectivity index (χ4n) is 2.85. The van der Waals surface area contributed by atoms with E-state index in [9.17, 15) is 4.39 Å². The van der Waals surface area contributed by atoms with Crippen molar-refractivity contribution in [1.82, 2.24) is 14.6 Å². The Kier molecular flexibility index (Phi) is 3.54. The molecule has 0 fully saturated rings. The summed E-state index contributed by atoms with van der Waals surface area (Å²) in [5.41, 5.74) is 5.36. The summed E-state index contributed by atoms with van der Waals surface area (Å²) >= 11 is 5.98. The Morgan fingerprint density at radius 1 is 0.917 bits per heavy atom. The molecule has 0 amide bonds. The molecule has 24 heavy (non-hydrogen) atoms. The smallest absolute Gasteiger partial charge is 0.163 e. The summed E-state index contributed by atoms with van der Waals surface area (Å²) in [5.74, 6) is -0.262. The van der Waals surface area contributed by atoms with Gasteiger partial charge in [0.1, 0.15) is 5.82 Å². The molecule has 0 N–H and O–H groups in total. The monoisotopic (exact) mass is 337 g/mol. The molecule has 0 unspecified atom stereocenters. The van der Waals surface area contributed by atoms with Crippen molar-refractivity contribution in [3.63, 3.8) is 0 Å². The highest BCUT2D eigenvalue weighted by molar-refractivity contribution is 6.30. The van der Waals surface area contributed by atoms with Gasteiger partial charge in [0, 0.05) is 22.3 Å². The highest BCUT2D eigenvalue weighted by atomic mass is 35.5. The van der Waals surface area contributed by atoms with E-state index in [-0.39, 0.29) is 5.82 Å². The second-order valence-corrected chi connectivity index (χ2v) is 5.98. The van der Waals surface area contributed by atoms with E-state index >= 15 is 0 Å². The first kappa shape index (κ1) is 14.8. The summed E-state index contributed by atoms with van der Waals surface area (Å²) in [5, 5.41) is 5.33. The van der Waals surface area contributed by atoms with Crippen molar-refractivity contribution in [2.24, 2.45) is 0 Å². The Hall–Kier alpha value is -2.72. The standard InChI is InChI=1S/C19H13ClFN3/c1-12-18(14-2-6-15(20)7-3-14)19-22-11-10-17(24(19)23-12)13-4-8-16(21)9-5-13/h2-11H,1H3. The largest absolute Gasteiger partial charge is 0.236 e. The number of benzene rings is 2. The molecule has 0 saturated heterocycles. The molecule has 118 valence electrons. The van der Waals surface area contributed by atoms with Crippen molar-refractivity contribution in [2.75, 3.05) is 0 Å². The summed E-state index contributed by atoms with van der Waals surface area (Å²) in [7, 11) is 0. The van der Waals surface area contributed by atoms with E-state index in [0.717, 1.165) is 33.7 Å². The van der Waals surface area contributed by atoms with Crippen LogP contribution >= 0.6 is 11.6 Å². The SMILES string of the molecule is Cc1nn2c(-c3ccc(F)cc3)ccnc2c1-c1ccc(Cl)cc1. The van der Waals surface area contributed by atoms with Gasteiger partial charge >= 0.3 is 0 Å². The molecule has 2 aromatic heterocycles. The van der Waals surface area contributed by atoms with E-state index in [1.165, 1.54) is 12.1 Å². The van der Waals surface area contributed by atoms with Gasteiger partial charge in [0.2, 0.25) is 0 Å². The molecule has 4 rings (SSSR count). The number of nitrogens with zero attached hydrogens (tertiary/aromatic N) is 3. The van der Waals surface area contributed by atoms with Crippen molar-refractivity contribution >= 4 is 17.2 Å². The molecular weight excluding hydrogens is 325 g/mol. The van der Waals surface area contributed by atoms with Gasteiger partial charge in [-0.15, -0.1) is 0 Å². The van der Waals surface area contributed by atoms with Crippen LogP contribution in [0.25, 0.3) is 28.0 Å².